The molecule has 0 radical (unpaired) electrons. The molecule has 0 aliphatic heterocycles. The lowest BCUT2D eigenvalue weighted by Gasteiger charge is -2.25. The molecule has 4 atom stereocenters. The van der Waals surface area contributed by atoms with Crippen LogP contribution in [0.3, 0.4) is 0 Å². The molecule has 0 bridgehead atoms. The minimum atomic E-state index is -1.40. The van der Waals surface area contributed by atoms with E-state index in [9.17, 15) is 34.2 Å². The van der Waals surface area contributed by atoms with Crippen LogP contribution in [0.25, 0.3) is 0 Å². The number of aliphatic carboxylic acids is 1. The molecule has 9 N–H and O–H groups in total. The molecule has 0 saturated carbocycles. The second kappa shape index (κ2) is 14.9. The average molecular weight is 526 g/mol. The molecule has 0 aliphatic carbocycles. The van der Waals surface area contributed by atoms with Crippen LogP contribution in [0.5, 0.6) is 5.75 Å². The number of nitrogens with one attached hydrogen (secondary N) is 3. The quantitative estimate of drug-likeness (QED) is 0.133. The number of rotatable bonds is 15. The molecule has 1 rings (SSSR count). The smallest absolute Gasteiger partial charge is 0.326 e. The van der Waals surface area contributed by atoms with Gasteiger partial charge in [-0.2, -0.15) is 12.6 Å². The monoisotopic (exact) mass is 525 g/mol. The van der Waals surface area contributed by atoms with Gasteiger partial charge in [0.25, 0.3) is 0 Å². The normalized spacial score (nSPS) is 14.2. The molecule has 0 aromatic heterocycles. The summed E-state index contributed by atoms with van der Waals surface area (Å²) in [6.45, 7) is 3.80. The SMILES string of the molecule is CC(C)CC(N)C(=O)NC(Cc1ccc(O)cc1)C(=O)NC(CS)C(=O)NC(CCC(N)=O)C(=O)O. The summed E-state index contributed by atoms with van der Waals surface area (Å²) in [5, 5.41) is 26.2. The first kappa shape index (κ1) is 30.7. The Morgan fingerprint density at radius 2 is 1.44 bits per heavy atom. The summed E-state index contributed by atoms with van der Waals surface area (Å²) in [5.74, 6) is -4.20. The zero-order valence-electron chi connectivity index (χ0n) is 20.3. The van der Waals surface area contributed by atoms with Crippen molar-refractivity contribution in [1.29, 1.82) is 0 Å². The van der Waals surface area contributed by atoms with Crippen LogP contribution in [-0.4, -0.2) is 69.7 Å². The number of phenolic OH excluding ortho intramolecular Hbond substituents is 1. The highest BCUT2D eigenvalue weighted by atomic mass is 32.1. The summed E-state index contributed by atoms with van der Waals surface area (Å²) >= 11 is 4.08. The van der Waals surface area contributed by atoms with Crippen molar-refractivity contribution in [1.82, 2.24) is 16.0 Å². The van der Waals surface area contributed by atoms with Gasteiger partial charge in [-0.1, -0.05) is 26.0 Å². The number of phenols is 1. The Bertz CT molecular complexity index is 926. The maximum Gasteiger partial charge on any atom is 0.326 e. The summed E-state index contributed by atoms with van der Waals surface area (Å²) in [7, 11) is 0. The van der Waals surface area contributed by atoms with Gasteiger partial charge < -0.3 is 37.6 Å². The van der Waals surface area contributed by atoms with Crippen LogP contribution in [0.1, 0.15) is 38.7 Å². The Morgan fingerprint density at radius 1 is 0.917 bits per heavy atom. The fraction of sp³-hybridized carbons (Fsp3) is 0.522. The zero-order valence-corrected chi connectivity index (χ0v) is 21.2. The van der Waals surface area contributed by atoms with Crippen molar-refractivity contribution in [2.24, 2.45) is 17.4 Å². The second-order valence-corrected chi connectivity index (χ2v) is 9.18. The lowest BCUT2D eigenvalue weighted by Crippen LogP contribution is -2.58. The Kier molecular flexibility index (Phi) is 12.7. The van der Waals surface area contributed by atoms with Gasteiger partial charge in [-0.15, -0.1) is 0 Å². The van der Waals surface area contributed by atoms with E-state index in [0.29, 0.717) is 12.0 Å². The Hall–Kier alpha value is -3.32. The van der Waals surface area contributed by atoms with Gasteiger partial charge in [0.2, 0.25) is 23.6 Å². The number of aromatic hydroxyl groups is 1. The van der Waals surface area contributed by atoms with Crippen LogP contribution in [0.15, 0.2) is 24.3 Å². The topological polar surface area (TPSA) is 214 Å². The molecule has 0 heterocycles. The first-order valence-electron chi connectivity index (χ1n) is 11.4. The van der Waals surface area contributed by atoms with E-state index < -0.39 is 53.8 Å². The van der Waals surface area contributed by atoms with Crippen molar-refractivity contribution in [2.75, 3.05) is 5.75 Å². The summed E-state index contributed by atoms with van der Waals surface area (Å²) in [6.07, 6.45) is -0.0596. The van der Waals surface area contributed by atoms with E-state index in [1.807, 2.05) is 13.8 Å². The van der Waals surface area contributed by atoms with Crippen molar-refractivity contribution < 1.29 is 34.2 Å². The predicted molar refractivity (Wildman–Crippen MR) is 135 cm³/mol. The molecule has 0 aliphatic rings. The minimum Gasteiger partial charge on any atom is -0.508 e. The number of primary amides is 1. The van der Waals surface area contributed by atoms with Gasteiger partial charge in [0, 0.05) is 18.6 Å². The lowest BCUT2D eigenvalue weighted by atomic mass is 10.0. The number of hydrogen-bond donors (Lipinski definition) is 8. The summed E-state index contributed by atoms with van der Waals surface area (Å²) < 4.78 is 0. The molecule has 0 fully saturated rings. The van der Waals surface area contributed by atoms with Crippen molar-refractivity contribution in [3.05, 3.63) is 29.8 Å². The van der Waals surface area contributed by atoms with E-state index >= 15 is 0 Å². The standard InChI is InChI=1S/C23H35N5O7S/c1-12(2)9-15(24)20(31)27-17(10-13-3-5-14(29)6-4-13)21(32)28-18(11-36)22(33)26-16(23(34)35)7-8-19(25)30/h3-6,12,15-18,29,36H,7-11,24H2,1-2H3,(H2,25,30)(H,26,33)(H,27,31)(H,28,32)(H,34,35). The van der Waals surface area contributed by atoms with Gasteiger partial charge in [0.1, 0.15) is 23.9 Å². The molecule has 200 valence electrons. The molecule has 0 saturated heterocycles. The third-order valence-electron chi connectivity index (χ3n) is 5.18. The lowest BCUT2D eigenvalue weighted by molar-refractivity contribution is -0.142. The number of amides is 4. The largest absolute Gasteiger partial charge is 0.508 e. The molecule has 1 aromatic carbocycles. The number of thiol groups is 1. The van der Waals surface area contributed by atoms with Crippen LogP contribution < -0.4 is 27.4 Å². The molecule has 12 nitrogen and oxygen atoms in total. The number of carboxylic acid groups (broad SMARTS) is 1. The van der Waals surface area contributed by atoms with Crippen LogP contribution in [0, 0.1) is 5.92 Å². The maximum atomic E-state index is 13.1. The van der Waals surface area contributed by atoms with Crippen molar-refractivity contribution >= 4 is 42.2 Å². The molecule has 4 amide bonds. The van der Waals surface area contributed by atoms with Gasteiger partial charge in [-0.05, 0) is 36.5 Å². The van der Waals surface area contributed by atoms with Gasteiger partial charge >= 0.3 is 5.97 Å². The highest BCUT2D eigenvalue weighted by Gasteiger charge is 2.30. The fourth-order valence-corrected chi connectivity index (χ4v) is 3.51. The summed E-state index contributed by atoms with van der Waals surface area (Å²) in [5.41, 5.74) is 11.6. The van der Waals surface area contributed by atoms with Crippen LogP contribution in [0.2, 0.25) is 0 Å². The van der Waals surface area contributed by atoms with Crippen molar-refractivity contribution in [3.63, 3.8) is 0 Å². The van der Waals surface area contributed by atoms with Crippen LogP contribution in [0.4, 0.5) is 0 Å². The molecule has 13 heteroatoms. The third-order valence-corrected chi connectivity index (χ3v) is 5.55. The molecule has 0 spiro atoms. The average Bonchev–Trinajstić information content (AvgIpc) is 2.79. The number of carboxylic acids is 1. The Balaban J connectivity index is 3.00. The minimum absolute atomic E-state index is 0.0267. The number of benzene rings is 1. The van der Waals surface area contributed by atoms with Crippen molar-refractivity contribution in [2.45, 2.75) is 63.7 Å². The van der Waals surface area contributed by atoms with E-state index in [2.05, 4.69) is 28.6 Å². The van der Waals surface area contributed by atoms with Gasteiger partial charge in [-0.25, -0.2) is 4.79 Å². The number of carbonyl (C=O) groups is 5. The third kappa shape index (κ3) is 11.0. The van der Waals surface area contributed by atoms with E-state index in [-0.39, 0.29) is 36.7 Å². The summed E-state index contributed by atoms with van der Waals surface area (Å²) in [6, 6.07) is 1.40. The molecule has 36 heavy (non-hydrogen) atoms. The van der Waals surface area contributed by atoms with Gasteiger partial charge in [0.15, 0.2) is 0 Å². The molecule has 4 unspecified atom stereocenters. The number of hydrogen-bond acceptors (Lipinski definition) is 8. The van der Waals surface area contributed by atoms with Gasteiger partial charge in [-0.3, -0.25) is 19.2 Å². The molecular weight excluding hydrogens is 490 g/mol. The van der Waals surface area contributed by atoms with Crippen molar-refractivity contribution in [3.8, 4) is 5.75 Å². The van der Waals surface area contributed by atoms with E-state index in [1.165, 1.54) is 12.1 Å². The molecule has 1 aromatic rings. The Morgan fingerprint density at radius 3 is 1.94 bits per heavy atom. The number of carbonyl (C=O) groups excluding carboxylic acids is 4. The highest BCUT2D eigenvalue weighted by molar-refractivity contribution is 7.80. The maximum absolute atomic E-state index is 13.1. The van der Waals surface area contributed by atoms with E-state index in [0.717, 1.165) is 0 Å². The summed E-state index contributed by atoms with van der Waals surface area (Å²) in [4.78, 5) is 60.8. The van der Waals surface area contributed by atoms with Crippen LogP contribution >= 0.6 is 12.6 Å². The fourth-order valence-electron chi connectivity index (χ4n) is 3.25. The first-order chi connectivity index (χ1) is 16.8. The van der Waals surface area contributed by atoms with Crippen LogP contribution in [-0.2, 0) is 30.4 Å². The van der Waals surface area contributed by atoms with E-state index in [1.54, 1.807) is 12.1 Å². The van der Waals surface area contributed by atoms with E-state index in [4.69, 9.17) is 11.5 Å². The Labute approximate surface area is 215 Å². The second-order valence-electron chi connectivity index (χ2n) is 8.82. The first-order valence-corrected chi connectivity index (χ1v) is 12.0. The number of nitrogens with two attached hydrogens (primary N) is 2. The zero-order chi connectivity index (χ0) is 27.4. The molecular formula is C23H35N5O7S. The predicted octanol–water partition coefficient (Wildman–Crippen LogP) is -0.958. The highest BCUT2D eigenvalue weighted by Crippen LogP contribution is 2.12. The van der Waals surface area contributed by atoms with Gasteiger partial charge in [0.05, 0.1) is 6.04 Å².